The van der Waals surface area contributed by atoms with Crippen molar-refractivity contribution in [2.45, 2.75) is 83.9 Å². The van der Waals surface area contributed by atoms with E-state index in [1.54, 1.807) is 34.6 Å². The zero-order chi connectivity index (χ0) is 17.4. The zero-order valence-corrected chi connectivity index (χ0v) is 14.9. The van der Waals surface area contributed by atoms with Gasteiger partial charge in [0.2, 0.25) is 5.91 Å². The van der Waals surface area contributed by atoms with Gasteiger partial charge in [-0.1, -0.05) is 12.2 Å². The quantitative estimate of drug-likeness (QED) is 0.793. The molecule has 6 heteroatoms. The monoisotopic (exact) mass is 324 g/mol. The van der Waals surface area contributed by atoms with Gasteiger partial charge in [0.15, 0.2) is 0 Å². The summed E-state index contributed by atoms with van der Waals surface area (Å²) in [6, 6.07) is -0.598. The Bertz CT molecular complexity index is 499. The van der Waals surface area contributed by atoms with E-state index in [1.165, 1.54) is 4.90 Å². The highest BCUT2D eigenvalue weighted by molar-refractivity contribution is 5.87. The predicted octanol–water partition coefficient (Wildman–Crippen LogP) is 2.58. The van der Waals surface area contributed by atoms with E-state index in [9.17, 15) is 9.59 Å². The number of amides is 2. The molecule has 0 radical (unpaired) electrons. The van der Waals surface area contributed by atoms with Crippen molar-refractivity contribution in [1.82, 2.24) is 10.2 Å². The van der Waals surface area contributed by atoms with Crippen LogP contribution in [-0.2, 0) is 14.3 Å². The van der Waals surface area contributed by atoms with Gasteiger partial charge in [0.05, 0.1) is 6.10 Å². The number of nitrogens with zero attached hydrogens (tertiary/aromatic N) is 1. The minimum Gasteiger partial charge on any atom is -0.444 e. The molecule has 0 aromatic carbocycles. The summed E-state index contributed by atoms with van der Waals surface area (Å²) in [5, 5.41) is 3.01. The molecule has 6 nitrogen and oxygen atoms in total. The number of carbonyl (C=O) groups excluding carboxylic acids is 2. The maximum atomic E-state index is 12.7. The van der Waals surface area contributed by atoms with Crippen molar-refractivity contribution in [3.05, 3.63) is 12.2 Å². The van der Waals surface area contributed by atoms with E-state index in [4.69, 9.17) is 9.47 Å². The molecule has 23 heavy (non-hydrogen) atoms. The van der Waals surface area contributed by atoms with E-state index in [1.807, 2.05) is 6.92 Å². The molecule has 1 fully saturated rings. The first-order chi connectivity index (χ1) is 10.5. The summed E-state index contributed by atoms with van der Waals surface area (Å²) in [4.78, 5) is 26.7. The Balaban J connectivity index is 2.16. The summed E-state index contributed by atoms with van der Waals surface area (Å²) < 4.78 is 11.3. The third kappa shape index (κ3) is 4.05. The predicted molar refractivity (Wildman–Crippen MR) is 86.8 cm³/mol. The Morgan fingerprint density at radius 1 is 1.26 bits per heavy atom. The van der Waals surface area contributed by atoms with Crippen LogP contribution >= 0.6 is 0 Å². The van der Waals surface area contributed by atoms with Gasteiger partial charge in [-0.05, 0) is 54.4 Å². The van der Waals surface area contributed by atoms with Gasteiger partial charge in [-0.25, -0.2) is 4.79 Å². The smallest absolute Gasteiger partial charge is 0.413 e. The van der Waals surface area contributed by atoms with Crippen LogP contribution in [0.3, 0.4) is 0 Å². The summed E-state index contributed by atoms with van der Waals surface area (Å²) in [6.07, 6.45) is 4.82. The summed E-state index contributed by atoms with van der Waals surface area (Å²) in [5.41, 5.74) is -1.52. The largest absolute Gasteiger partial charge is 0.444 e. The lowest BCUT2D eigenvalue weighted by molar-refractivity contribution is -0.127. The third-order valence-corrected chi connectivity index (χ3v) is 3.99. The van der Waals surface area contributed by atoms with Crippen molar-refractivity contribution in [2.24, 2.45) is 0 Å². The second-order valence-electron chi connectivity index (χ2n) is 7.71. The van der Waals surface area contributed by atoms with Gasteiger partial charge in [0.1, 0.15) is 17.4 Å². The first kappa shape index (κ1) is 17.8. The Morgan fingerprint density at radius 3 is 2.35 bits per heavy atom. The van der Waals surface area contributed by atoms with Crippen LogP contribution in [0.25, 0.3) is 0 Å². The fraction of sp³-hybridized carbons (Fsp3) is 0.765. The SMILES string of the molecule is C[C@@H]1OC(C)(C)N(C(=O)OC(C)(C)C)[C@H]1C(=O)NC1CC=CC1. The normalized spacial score (nSPS) is 27.3. The molecule has 130 valence electrons. The molecule has 2 atom stereocenters. The minimum absolute atomic E-state index is 0.0962. The van der Waals surface area contributed by atoms with E-state index >= 15 is 0 Å². The van der Waals surface area contributed by atoms with Crippen LogP contribution < -0.4 is 5.32 Å². The first-order valence-electron chi connectivity index (χ1n) is 8.17. The van der Waals surface area contributed by atoms with Crippen molar-refractivity contribution < 1.29 is 19.1 Å². The molecule has 0 spiro atoms. The molecule has 1 saturated heterocycles. The van der Waals surface area contributed by atoms with Crippen LogP contribution in [0.5, 0.6) is 0 Å². The fourth-order valence-corrected chi connectivity index (χ4v) is 3.12. The summed E-state index contributed by atoms with van der Waals surface area (Å²) >= 11 is 0. The highest BCUT2D eigenvalue weighted by Gasteiger charge is 2.52. The number of hydrogen-bond donors (Lipinski definition) is 1. The molecule has 1 aliphatic carbocycles. The molecule has 2 rings (SSSR count). The molecule has 2 aliphatic rings. The molecule has 0 saturated carbocycles. The highest BCUT2D eigenvalue weighted by Crippen LogP contribution is 2.34. The van der Waals surface area contributed by atoms with E-state index in [0.29, 0.717) is 0 Å². The maximum Gasteiger partial charge on any atom is 0.413 e. The van der Waals surface area contributed by atoms with Crippen LogP contribution in [0.1, 0.15) is 54.4 Å². The summed E-state index contributed by atoms with van der Waals surface area (Å²) in [5.74, 6) is -0.192. The van der Waals surface area contributed by atoms with Gasteiger partial charge in [0.25, 0.3) is 0 Å². The zero-order valence-electron chi connectivity index (χ0n) is 14.9. The molecular formula is C17H28N2O4. The Hall–Kier alpha value is -1.56. The fourth-order valence-electron chi connectivity index (χ4n) is 3.12. The molecule has 0 aromatic rings. The minimum atomic E-state index is -0.891. The summed E-state index contributed by atoms with van der Waals surface area (Å²) in [7, 11) is 0. The van der Waals surface area contributed by atoms with E-state index in [2.05, 4.69) is 17.5 Å². The number of nitrogens with one attached hydrogen (secondary N) is 1. The molecule has 0 bridgehead atoms. The average Bonchev–Trinajstić information content (AvgIpc) is 2.91. The van der Waals surface area contributed by atoms with Crippen LogP contribution in [0.4, 0.5) is 4.79 Å². The molecule has 0 aromatic heterocycles. The second-order valence-corrected chi connectivity index (χ2v) is 7.71. The first-order valence-corrected chi connectivity index (χ1v) is 8.17. The lowest BCUT2D eigenvalue weighted by Crippen LogP contribution is -2.56. The van der Waals surface area contributed by atoms with Gasteiger partial charge in [0, 0.05) is 6.04 Å². The van der Waals surface area contributed by atoms with Gasteiger partial charge in [-0.3, -0.25) is 9.69 Å². The number of hydrogen-bond acceptors (Lipinski definition) is 4. The van der Waals surface area contributed by atoms with E-state index in [-0.39, 0.29) is 11.9 Å². The van der Waals surface area contributed by atoms with E-state index in [0.717, 1.165) is 12.8 Å². The van der Waals surface area contributed by atoms with Crippen molar-refractivity contribution in [3.8, 4) is 0 Å². The Labute approximate surface area is 138 Å². The lowest BCUT2D eigenvalue weighted by atomic mass is 10.1. The van der Waals surface area contributed by atoms with Gasteiger partial charge in [-0.15, -0.1) is 0 Å². The van der Waals surface area contributed by atoms with E-state index < -0.39 is 29.6 Å². The van der Waals surface area contributed by atoms with Crippen LogP contribution in [0.15, 0.2) is 12.2 Å². The third-order valence-electron chi connectivity index (χ3n) is 3.99. The van der Waals surface area contributed by atoms with Crippen molar-refractivity contribution in [1.29, 1.82) is 0 Å². The van der Waals surface area contributed by atoms with Gasteiger partial charge >= 0.3 is 6.09 Å². The van der Waals surface area contributed by atoms with Crippen LogP contribution in [0.2, 0.25) is 0 Å². The van der Waals surface area contributed by atoms with Crippen molar-refractivity contribution >= 4 is 12.0 Å². The Morgan fingerprint density at radius 2 is 1.83 bits per heavy atom. The molecule has 2 amide bonds. The van der Waals surface area contributed by atoms with Crippen LogP contribution in [-0.4, -0.2) is 46.4 Å². The lowest BCUT2D eigenvalue weighted by Gasteiger charge is -2.34. The Kier molecular flexibility index (Phi) is 4.76. The molecule has 1 heterocycles. The maximum absolute atomic E-state index is 12.7. The topological polar surface area (TPSA) is 67.9 Å². The number of rotatable bonds is 2. The number of carbonyl (C=O) groups is 2. The molecule has 1 N–H and O–H groups in total. The van der Waals surface area contributed by atoms with Crippen molar-refractivity contribution in [3.63, 3.8) is 0 Å². The molecule has 1 aliphatic heterocycles. The second kappa shape index (κ2) is 6.15. The standard InChI is InChI=1S/C17H28N2O4/c1-11-13(14(20)18-12-9-7-8-10-12)19(17(5,6)22-11)15(21)23-16(2,3)4/h7-8,11-13H,9-10H2,1-6H3,(H,18,20)/t11-,13+/m0/s1. The van der Waals surface area contributed by atoms with Gasteiger partial charge in [-0.2, -0.15) is 0 Å². The van der Waals surface area contributed by atoms with Crippen LogP contribution in [0, 0.1) is 0 Å². The average molecular weight is 324 g/mol. The summed E-state index contributed by atoms with van der Waals surface area (Å²) in [6.45, 7) is 10.8. The van der Waals surface area contributed by atoms with Crippen molar-refractivity contribution in [2.75, 3.05) is 0 Å². The molecule has 0 unspecified atom stereocenters. The molecular weight excluding hydrogens is 296 g/mol. The highest BCUT2D eigenvalue weighted by atomic mass is 16.6. The number of ether oxygens (including phenoxy) is 2. The van der Waals surface area contributed by atoms with Gasteiger partial charge < -0.3 is 14.8 Å².